The average molecular weight is 354 g/mol. The summed E-state index contributed by atoms with van der Waals surface area (Å²) in [4.78, 5) is 10.7. The lowest BCUT2D eigenvalue weighted by Crippen LogP contribution is -2.47. The summed E-state index contributed by atoms with van der Waals surface area (Å²) in [6.07, 6.45) is 1.87. The highest BCUT2D eigenvalue weighted by atomic mass is 35.5. The quantitative estimate of drug-likeness (QED) is 0.749. The van der Waals surface area contributed by atoms with Gasteiger partial charge in [-0.15, -0.1) is 0 Å². The predicted molar refractivity (Wildman–Crippen MR) is 77.4 cm³/mol. The second-order valence-electron chi connectivity index (χ2n) is 4.94. The number of carboxylic acids is 1. The van der Waals surface area contributed by atoms with Gasteiger partial charge in [0.1, 0.15) is 4.90 Å². The highest BCUT2D eigenvalue weighted by Crippen LogP contribution is 2.33. The topological polar surface area (TPSA) is 104 Å². The minimum absolute atomic E-state index is 0.142. The molecule has 0 aromatic heterocycles. The first-order valence-electron chi connectivity index (χ1n) is 6.10. The minimum atomic E-state index is -4.04. The minimum Gasteiger partial charge on any atom is -0.478 e. The largest absolute Gasteiger partial charge is 0.478 e. The van der Waals surface area contributed by atoms with Crippen molar-refractivity contribution in [1.29, 1.82) is 0 Å². The summed E-state index contributed by atoms with van der Waals surface area (Å²) in [5.74, 6) is -1.42. The molecule has 0 spiro atoms. The van der Waals surface area contributed by atoms with Gasteiger partial charge < -0.3 is 10.2 Å². The van der Waals surface area contributed by atoms with Crippen molar-refractivity contribution in [1.82, 2.24) is 4.72 Å². The van der Waals surface area contributed by atoms with Crippen molar-refractivity contribution in [3.05, 3.63) is 27.7 Å². The second kappa shape index (κ2) is 5.73. The number of aromatic carboxylic acids is 1. The molecule has 0 amide bonds. The van der Waals surface area contributed by atoms with Crippen LogP contribution < -0.4 is 4.72 Å². The highest BCUT2D eigenvalue weighted by Gasteiger charge is 2.36. The lowest BCUT2D eigenvalue weighted by molar-refractivity contribution is -0.0271. The van der Waals surface area contributed by atoms with Crippen molar-refractivity contribution < 1.29 is 23.4 Å². The Morgan fingerprint density at radius 2 is 1.95 bits per heavy atom. The highest BCUT2D eigenvalue weighted by molar-refractivity contribution is 7.89. The van der Waals surface area contributed by atoms with Crippen LogP contribution in [0.25, 0.3) is 0 Å². The molecular formula is C12H13Cl2NO5S. The van der Waals surface area contributed by atoms with E-state index in [2.05, 4.69) is 4.72 Å². The smallest absolute Gasteiger partial charge is 0.338 e. The monoisotopic (exact) mass is 353 g/mol. The van der Waals surface area contributed by atoms with Crippen LogP contribution in [0.1, 0.15) is 29.6 Å². The molecule has 1 saturated carbocycles. The summed E-state index contributed by atoms with van der Waals surface area (Å²) >= 11 is 11.6. The van der Waals surface area contributed by atoms with Gasteiger partial charge in [0.05, 0.1) is 21.2 Å². The van der Waals surface area contributed by atoms with Gasteiger partial charge in [-0.25, -0.2) is 17.9 Å². The predicted octanol–water partition coefficient (Wildman–Crippen LogP) is 1.88. The van der Waals surface area contributed by atoms with Crippen molar-refractivity contribution in [3.63, 3.8) is 0 Å². The normalized spacial score (nSPS) is 17.3. The summed E-state index contributed by atoms with van der Waals surface area (Å²) in [5, 5.41) is 18.3. The fourth-order valence-electron chi connectivity index (χ4n) is 2.01. The van der Waals surface area contributed by atoms with Gasteiger partial charge >= 0.3 is 5.97 Å². The van der Waals surface area contributed by atoms with E-state index in [1.54, 1.807) is 0 Å². The van der Waals surface area contributed by atoms with Gasteiger partial charge in [0.25, 0.3) is 0 Å². The standard InChI is InChI=1S/C12H13Cl2NO5S/c13-7-2-3-8(10(14)9(7)11(16)17)21(19,20)15-6-12(18)4-1-5-12/h2-3,15,18H,1,4-6H2,(H,16,17). The fourth-order valence-corrected chi connectivity index (χ4v) is 4.04. The number of benzene rings is 1. The Hall–Kier alpha value is -0.860. The third kappa shape index (κ3) is 3.32. The number of hydrogen-bond acceptors (Lipinski definition) is 4. The van der Waals surface area contributed by atoms with Gasteiger partial charge in [-0.3, -0.25) is 0 Å². The molecule has 0 unspecified atom stereocenters. The number of carbonyl (C=O) groups is 1. The third-order valence-electron chi connectivity index (χ3n) is 3.43. The van der Waals surface area contributed by atoms with Crippen LogP contribution in [-0.2, 0) is 10.0 Å². The van der Waals surface area contributed by atoms with Crippen molar-refractivity contribution in [3.8, 4) is 0 Å². The number of aliphatic hydroxyl groups is 1. The summed E-state index contributed by atoms with van der Waals surface area (Å²) in [6.45, 7) is -0.142. The molecule has 21 heavy (non-hydrogen) atoms. The number of sulfonamides is 1. The molecule has 0 aliphatic heterocycles. The van der Waals surface area contributed by atoms with Gasteiger partial charge in [0, 0.05) is 6.54 Å². The number of rotatable bonds is 5. The molecule has 9 heteroatoms. The van der Waals surface area contributed by atoms with Crippen molar-refractivity contribution >= 4 is 39.2 Å². The van der Waals surface area contributed by atoms with Gasteiger partial charge in [-0.1, -0.05) is 23.2 Å². The summed E-state index contributed by atoms with van der Waals surface area (Å²) in [6, 6.07) is 2.29. The Balaban J connectivity index is 2.32. The molecule has 2 rings (SSSR count). The van der Waals surface area contributed by atoms with Crippen LogP contribution in [0.2, 0.25) is 10.0 Å². The SMILES string of the molecule is O=C(O)c1c(Cl)ccc(S(=O)(=O)NCC2(O)CCC2)c1Cl. The first kappa shape index (κ1) is 16.5. The van der Waals surface area contributed by atoms with E-state index < -0.39 is 32.2 Å². The van der Waals surface area contributed by atoms with Gasteiger partial charge in [0.2, 0.25) is 10.0 Å². The van der Waals surface area contributed by atoms with E-state index in [9.17, 15) is 18.3 Å². The van der Waals surface area contributed by atoms with Crippen LogP contribution in [0.4, 0.5) is 0 Å². The van der Waals surface area contributed by atoms with E-state index in [1.165, 1.54) is 0 Å². The lowest BCUT2D eigenvalue weighted by Gasteiger charge is -2.36. The molecule has 1 aliphatic rings. The van der Waals surface area contributed by atoms with E-state index in [-0.39, 0.29) is 16.5 Å². The number of hydrogen-bond donors (Lipinski definition) is 3. The van der Waals surface area contributed by atoms with Crippen LogP contribution in [0, 0.1) is 0 Å². The lowest BCUT2D eigenvalue weighted by atomic mass is 9.81. The van der Waals surface area contributed by atoms with E-state index in [4.69, 9.17) is 28.3 Å². The molecule has 1 aromatic carbocycles. The molecule has 0 heterocycles. The number of halogens is 2. The Bertz CT molecular complexity index is 685. The average Bonchev–Trinajstić information content (AvgIpc) is 2.33. The third-order valence-corrected chi connectivity index (χ3v) is 5.70. The summed E-state index contributed by atoms with van der Waals surface area (Å²) in [7, 11) is -4.04. The molecule has 0 saturated heterocycles. The van der Waals surface area contributed by atoms with Crippen molar-refractivity contribution in [2.75, 3.05) is 6.54 Å². The second-order valence-corrected chi connectivity index (χ2v) is 7.46. The Morgan fingerprint density at radius 1 is 1.33 bits per heavy atom. The van der Waals surface area contributed by atoms with E-state index >= 15 is 0 Å². The molecule has 0 atom stereocenters. The molecule has 3 N–H and O–H groups in total. The first-order valence-corrected chi connectivity index (χ1v) is 8.33. The summed E-state index contributed by atoms with van der Waals surface area (Å²) < 4.78 is 26.6. The van der Waals surface area contributed by atoms with Crippen LogP contribution in [0.15, 0.2) is 17.0 Å². The van der Waals surface area contributed by atoms with E-state index in [0.29, 0.717) is 12.8 Å². The van der Waals surface area contributed by atoms with Crippen LogP contribution >= 0.6 is 23.2 Å². The molecule has 1 aromatic rings. The zero-order chi connectivity index (χ0) is 15.8. The Morgan fingerprint density at radius 3 is 2.43 bits per heavy atom. The molecule has 116 valence electrons. The zero-order valence-electron chi connectivity index (χ0n) is 10.8. The Labute approximate surface area is 131 Å². The van der Waals surface area contributed by atoms with Crippen molar-refractivity contribution in [2.45, 2.75) is 29.8 Å². The number of carboxylic acid groups (broad SMARTS) is 1. The zero-order valence-corrected chi connectivity index (χ0v) is 13.1. The molecule has 1 fully saturated rings. The molecule has 6 nitrogen and oxygen atoms in total. The fraction of sp³-hybridized carbons (Fsp3) is 0.417. The first-order chi connectivity index (χ1) is 9.66. The van der Waals surface area contributed by atoms with Gasteiger partial charge in [-0.2, -0.15) is 0 Å². The molecule has 0 bridgehead atoms. The van der Waals surface area contributed by atoms with Gasteiger partial charge in [0.15, 0.2) is 0 Å². The molecule has 1 aliphatic carbocycles. The molecule has 0 radical (unpaired) electrons. The Kier molecular flexibility index (Phi) is 4.51. The maximum atomic E-state index is 12.2. The molecular weight excluding hydrogens is 341 g/mol. The maximum absolute atomic E-state index is 12.2. The van der Waals surface area contributed by atoms with E-state index in [0.717, 1.165) is 18.6 Å². The van der Waals surface area contributed by atoms with Crippen LogP contribution in [0.3, 0.4) is 0 Å². The van der Waals surface area contributed by atoms with Crippen LogP contribution in [0.5, 0.6) is 0 Å². The van der Waals surface area contributed by atoms with Crippen LogP contribution in [-0.4, -0.2) is 36.7 Å². The van der Waals surface area contributed by atoms with Gasteiger partial charge in [-0.05, 0) is 31.4 Å². The summed E-state index contributed by atoms with van der Waals surface area (Å²) in [5.41, 5.74) is -1.51. The van der Waals surface area contributed by atoms with E-state index in [1.807, 2.05) is 0 Å². The number of nitrogens with one attached hydrogen (secondary N) is 1. The maximum Gasteiger partial charge on any atom is 0.338 e. The van der Waals surface area contributed by atoms with Crippen molar-refractivity contribution in [2.24, 2.45) is 0 Å².